The van der Waals surface area contributed by atoms with E-state index in [2.05, 4.69) is 166 Å². The van der Waals surface area contributed by atoms with Crippen LogP contribution in [0.15, 0.2) is 0 Å². The molecule has 0 aromatic carbocycles. The number of amides is 4. The van der Waals surface area contributed by atoms with Crippen LogP contribution in [0.5, 0.6) is 0 Å². The van der Waals surface area contributed by atoms with Gasteiger partial charge in [0.1, 0.15) is 22.4 Å². The smallest absolute Gasteiger partial charge is 0.410 e. The highest BCUT2D eigenvalue weighted by molar-refractivity contribution is 5.70. The maximum Gasteiger partial charge on any atom is 0.410 e. The van der Waals surface area contributed by atoms with E-state index in [9.17, 15) is 19.2 Å². The van der Waals surface area contributed by atoms with E-state index in [1.165, 1.54) is 52.1 Å². The van der Waals surface area contributed by atoms with Gasteiger partial charge in [0.2, 0.25) is 0 Å². The summed E-state index contributed by atoms with van der Waals surface area (Å²) in [5, 5.41) is 0. The third-order valence-corrected chi connectivity index (χ3v) is 17.3. The van der Waals surface area contributed by atoms with Crippen molar-refractivity contribution in [2.45, 2.75) is 297 Å². The minimum Gasteiger partial charge on any atom is -0.444 e. The third kappa shape index (κ3) is 33.8. The number of likely N-dealkylation sites (tertiary alicyclic amines) is 1. The first-order chi connectivity index (χ1) is 41.0. The Balaban J connectivity index is 0.000000548. The summed E-state index contributed by atoms with van der Waals surface area (Å²) in [4.78, 5) is 72.7. The summed E-state index contributed by atoms with van der Waals surface area (Å²) in [7, 11) is 2.19. The van der Waals surface area contributed by atoms with E-state index < -0.39 is 22.4 Å². The lowest BCUT2D eigenvalue weighted by atomic mass is 9.98. The van der Waals surface area contributed by atoms with Crippen LogP contribution in [0.25, 0.3) is 0 Å². The highest BCUT2D eigenvalue weighted by Gasteiger charge is 2.40. The standard InChI is InChI=1S/C15H30N2O2.C14H28N2O2.C13H26N2O2.C12H24N2O2.C9H19N.C8H18N2/c1-11(2)13-10-16(12(3)4)8-9-17(13)14(18)19-15(5,6)7;1-11(2)15-8-9-16(14(6,7)10-15)12(17)18-13(3,4)5;1-10(2)14-7-8-15(11(3)9-14)12(16)17-13(4,5)6;1-10(2)13-6-8-14(9-7-13)11(15)16-12(3,4)5;1-8(2)10-6-4-5-9(3)7-10;1-8(2)10-6-4-9(3)5-7-10/h11-13H,8-10H2,1-7H3;11H,8-10H2,1-7H3;10-11H,7-9H2,1-6H3;10H,6-9H2,1-5H3;8-9H,4-7H2,1-3H3;8H,4-7H2,1-3H3. The summed E-state index contributed by atoms with van der Waals surface area (Å²) in [5.74, 6) is 1.37. The van der Waals surface area contributed by atoms with Crippen LogP contribution in [0, 0.1) is 11.8 Å². The van der Waals surface area contributed by atoms with Gasteiger partial charge in [0.15, 0.2) is 0 Å². The molecule has 0 aromatic heterocycles. The van der Waals surface area contributed by atoms with Crippen LogP contribution >= 0.6 is 0 Å². The lowest BCUT2D eigenvalue weighted by molar-refractivity contribution is -0.0284. The minimum absolute atomic E-state index is 0.172. The number of carbonyl (C=O) groups is 4. The maximum absolute atomic E-state index is 12.3. The molecule has 4 amide bonds. The fraction of sp³-hybridized carbons (Fsp3) is 0.944. The van der Waals surface area contributed by atoms with Crippen LogP contribution < -0.4 is 0 Å². The number of hydrogen-bond acceptors (Lipinski definition) is 15. The Bertz CT molecular complexity index is 2030. The average Bonchev–Trinajstić information content (AvgIpc) is 1.54. The molecule has 0 aliphatic carbocycles. The molecule has 532 valence electrons. The van der Waals surface area contributed by atoms with Crippen molar-refractivity contribution >= 4 is 24.4 Å². The Morgan fingerprint density at radius 1 is 0.389 bits per heavy atom. The summed E-state index contributed by atoms with van der Waals surface area (Å²) >= 11 is 0. The number of piperidine rings is 1. The highest BCUT2D eigenvalue weighted by Crippen LogP contribution is 2.26. The Morgan fingerprint density at radius 2 is 0.733 bits per heavy atom. The van der Waals surface area contributed by atoms with Gasteiger partial charge in [-0.05, 0) is 225 Å². The Hall–Kier alpha value is -3.20. The first-order valence-corrected chi connectivity index (χ1v) is 35.1. The molecule has 0 radical (unpaired) electrons. The van der Waals surface area contributed by atoms with Gasteiger partial charge < -0.3 is 48.3 Å². The molecule has 6 fully saturated rings. The van der Waals surface area contributed by atoms with Crippen molar-refractivity contribution in [2.24, 2.45) is 11.8 Å². The molecule has 0 saturated carbocycles. The van der Waals surface area contributed by atoms with Gasteiger partial charge in [-0.1, -0.05) is 20.8 Å². The van der Waals surface area contributed by atoms with Crippen molar-refractivity contribution in [1.29, 1.82) is 0 Å². The van der Waals surface area contributed by atoms with Crippen molar-refractivity contribution in [3.63, 3.8) is 0 Å². The fourth-order valence-corrected chi connectivity index (χ4v) is 11.5. The van der Waals surface area contributed by atoms with Gasteiger partial charge in [0, 0.05) is 160 Å². The van der Waals surface area contributed by atoms with E-state index in [0.717, 1.165) is 103 Å². The molecular weight excluding hydrogens is 1130 g/mol. The van der Waals surface area contributed by atoms with E-state index in [0.29, 0.717) is 30.1 Å². The summed E-state index contributed by atoms with van der Waals surface area (Å²) in [6.45, 7) is 81.3. The van der Waals surface area contributed by atoms with Crippen molar-refractivity contribution in [2.75, 3.05) is 131 Å². The zero-order valence-electron chi connectivity index (χ0n) is 64.3. The van der Waals surface area contributed by atoms with Crippen molar-refractivity contribution in [3.05, 3.63) is 0 Å². The molecule has 6 heterocycles. The topological polar surface area (TPSA) is 141 Å². The number of hydrogen-bond donors (Lipinski definition) is 0. The quantitative estimate of drug-likeness (QED) is 0.223. The number of rotatable bonds is 7. The second kappa shape index (κ2) is 38.4. The van der Waals surface area contributed by atoms with Crippen LogP contribution in [0.1, 0.15) is 221 Å². The number of carbonyl (C=O) groups excluding carboxylic acids is 4. The molecule has 0 spiro atoms. The van der Waals surface area contributed by atoms with E-state index in [-0.39, 0.29) is 42.0 Å². The van der Waals surface area contributed by atoms with E-state index >= 15 is 0 Å². The van der Waals surface area contributed by atoms with Crippen molar-refractivity contribution in [1.82, 2.24) is 53.9 Å². The zero-order valence-corrected chi connectivity index (χ0v) is 64.3. The van der Waals surface area contributed by atoms with Gasteiger partial charge in [-0.3, -0.25) is 24.5 Å². The van der Waals surface area contributed by atoms with Crippen molar-refractivity contribution in [3.8, 4) is 0 Å². The highest BCUT2D eigenvalue weighted by atomic mass is 16.6. The maximum atomic E-state index is 12.3. The SMILES string of the molecule is CC(C)C1CN(C(C)C)CCN1C(=O)OC(C)(C)C.CC(C)N1CCN(C(=O)OC(C)(C)C)C(C)(C)C1.CC(C)N1CCN(C(=O)OC(C)(C)C)C(C)C1.CC(C)N1CCN(C(=O)OC(C)(C)C)CC1.CC(C)N1CCN(C)CC1.CC1CCCN(C(C)C)C1. The van der Waals surface area contributed by atoms with Crippen LogP contribution in [-0.2, 0) is 18.9 Å². The monoisotopic (exact) mass is 1280 g/mol. The van der Waals surface area contributed by atoms with Gasteiger partial charge in [0.05, 0.1) is 11.6 Å². The second-order valence-electron chi connectivity index (χ2n) is 33.1. The molecule has 0 bridgehead atoms. The van der Waals surface area contributed by atoms with Crippen LogP contribution in [0.4, 0.5) is 19.2 Å². The summed E-state index contributed by atoms with van der Waals surface area (Å²) in [5.41, 5.74) is -1.83. The molecule has 19 heteroatoms. The lowest BCUT2D eigenvalue weighted by Crippen LogP contribution is -2.62. The number of nitrogens with zero attached hydrogens (tertiary/aromatic N) is 11. The summed E-state index contributed by atoms with van der Waals surface area (Å²) < 4.78 is 21.8. The molecule has 90 heavy (non-hydrogen) atoms. The third-order valence-electron chi connectivity index (χ3n) is 17.3. The molecule has 6 aliphatic heterocycles. The molecule has 0 N–H and O–H groups in total. The molecule has 3 atom stereocenters. The largest absolute Gasteiger partial charge is 0.444 e. The van der Waals surface area contributed by atoms with Gasteiger partial charge >= 0.3 is 24.4 Å². The summed E-state index contributed by atoms with van der Waals surface area (Å²) in [6, 6.07) is 4.09. The first-order valence-electron chi connectivity index (χ1n) is 35.1. The van der Waals surface area contributed by atoms with Crippen LogP contribution in [-0.4, -0.2) is 286 Å². The zero-order chi connectivity index (χ0) is 69.6. The number of likely N-dealkylation sites (N-methyl/N-ethyl adjacent to an activating group) is 1. The normalized spacial score (nSPS) is 22.6. The Morgan fingerprint density at radius 3 is 1.10 bits per heavy atom. The minimum atomic E-state index is -0.428. The van der Waals surface area contributed by atoms with Crippen molar-refractivity contribution < 1.29 is 38.1 Å². The molecule has 6 rings (SSSR count). The first kappa shape index (κ1) is 84.8. The van der Waals surface area contributed by atoms with Crippen LogP contribution in [0.2, 0.25) is 0 Å². The number of piperazine rings is 5. The number of ether oxygens (including phenoxy) is 4. The Kier molecular flexibility index (Phi) is 36.2. The van der Waals surface area contributed by atoms with Gasteiger partial charge in [0.25, 0.3) is 0 Å². The average molecular weight is 1280 g/mol. The molecule has 3 unspecified atom stereocenters. The Labute approximate surface area is 554 Å². The van der Waals surface area contributed by atoms with Gasteiger partial charge in [-0.2, -0.15) is 0 Å². The van der Waals surface area contributed by atoms with E-state index in [4.69, 9.17) is 18.9 Å². The predicted molar refractivity (Wildman–Crippen MR) is 375 cm³/mol. The van der Waals surface area contributed by atoms with Crippen LogP contribution in [0.3, 0.4) is 0 Å². The molecule has 0 aromatic rings. The molecule has 6 saturated heterocycles. The van der Waals surface area contributed by atoms with Gasteiger partial charge in [-0.25, -0.2) is 19.2 Å². The summed E-state index contributed by atoms with van der Waals surface area (Å²) in [6.07, 6.45) is 2.09. The fourth-order valence-electron chi connectivity index (χ4n) is 11.5. The predicted octanol–water partition coefficient (Wildman–Crippen LogP) is 12.8. The van der Waals surface area contributed by atoms with Gasteiger partial charge in [-0.15, -0.1) is 0 Å². The molecular formula is C71H145N11O8. The second-order valence-corrected chi connectivity index (χ2v) is 33.1. The lowest BCUT2D eigenvalue weighted by Gasteiger charge is -2.48. The molecule has 6 aliphatic rings. The van der Waals surface area contributed by atoms with E-state index in [1.807, 2.05) is 97.8 Å². The van der Waals surface area contributed by atoms with E-state index in [1.54, 1.807) is 4.90 Å². The molecule has 19 nitrogen and oxygen atoms in total.